The van der Waals surface area contributed by atoms with E-state index in [0.717, 1.165) is 24.6 Å². The Kier molecular flexibility index (Phi) is 8.13. The first-order valence-electron chi connectivity index (χ1n) is 10.3. The summed E-state index contributed by atoms with van der Waals surface area (Å²) in [5, 5.41) is 0. The van der Waals surface area contributed by atoms with Crippen LogP contribution in [0.25, 0.3) is 0 Å². The highest BCUT2D eigenvalue weighted by molar-refractivity contribution is 5.79. The predicted octanol–water partition coefficient (Wildman–Crippen LogP) is 0.857. The van der Waals surface area contributed by atoms with Crippen LogP contribution in [0.1, 0.15) is 12.8 Å². The van der Waals surface area contributed by atoms with Gasteiger partial charge in [-0.1, -0.05) is 0 Å². The monoisotopic (exact) mass is 405 g/mol. The van der Waals surface area contributed by atoms with Crippen molar-refractivity contribution in [2.45, 2.75) is 12.8 Å². The lowest BCUT2D eigenvalue weighted by molar-refractivity contribution is -0.140. The number of amides is 2. The Morgan fingerprint density at radius 3 is 2.10 bits per heavy atom. The molecule has 29 heavy (non-hydrogen) atoms. The van der Waals surface area contributed by atoms with E-state index in [4.69, 9.17) is 14.2 Å². The Morgan fingerprint density at radius 2 is 1.48 bits per heavy atom. The second kappa shape index (κ2) is 11.0. The van der Waals surface area contributed by atoms with E-state index in [1.54, 1.807) is 7.11 Å². The maximum absolute atomic E-state index is 12.4. The average Bonchev–Trinajstić information content (AvgIpc) is 2.77. The second-order valence-electron chi connectivity index (χ2n) is 7.28. The lowest BCUT2D eigenvalue weighted by Gasteiger charge is -2.36. The van der Waals surface area contributed by atoms with Gasteiger partial charge >= 0.3 is 0 Å². The van der Waals surface area contributed by atoms with Crippen molar-refractivity contribution >= 4 is 11.8 Å². The highest BCUT2D eigenvalue weighted by atomic mass is 16.5. The third-order valence-corrected chi connectivity index (χ3v) is 5.31. The molecule has 0 saturated carbocycles. The Bertz CT molecular complexity index is 653. The number of benzene rings is 1. The van der Waals surface area contributed by atoms with E-state index in [9.17, 15) is 9.59 Å². The zero-order valence-electron chi connectivity index (χ0n) is 17.2. The molecule has 0 unspecified atom stereocenters. The molecule has 2 saturated heterocycles. The van der Waals surface area contributed by atoms with Gasteiger partial charge in [-0.15, -0.1) is 0 Å². The molecule has 2 fully saturated rings. The number of rotatable bonds is 8. The van der Waals surface area contributed by atoms with Gasteiger partial charge in [0.1, 0.15) is 11.5 Å². The van der Waals surface area contributed by atoms with E-state index in [0.29, 0.717) is 65.4 Å². The first kappa shape index (κ1) is 21.4. The molecule has 2 aliphatic heterocycles. The van der Waals surface area contributed by atoms with Crippen LogP contribution in [-0.4, -0.2) is 99.3 Å². The van der Waals surface area contributed by atoms with Crippen molar-refractivity contribution in [2.75, 3.05) is 72.7 Å². The van der Waals surface area contributed by atoms with Crippen molar-refractivity contribution in [3.05, 3.63) is 24.3 Å². The Hall–Kier alpha value is -2.32. The molecule has 2 aliphatic rings. The summed E-state index contributed by atoms with van der Waals surface area (Å²) < 4.78 is 16.1. The van der Waals surface area contributed by atoms with E-state index in [2.05, 4.69) is 4.90 Å². The fourth-order valence-corrected chi connectivity index (χ4v) is 3.50. The molecule has 0 bridgehead atoms. The molecular formula is C21H31N3O5. The molecule has 0 aliphatic carbocycles. The van der Waals surface area contributed by atoms with Crippen LogP contribution in [0.4, 0.5) is 0 Å². The van der Waals surface area contributed by atoms with Crippen molar-refractivity contribution in [3.8, 4) is 11.5 Å². The predicted molar refractivity (Wildman–Crippen MR) is 108 cm³/mol. The van der Waals surface area contributed by atoms with Gasteiger partial charge in [-0.3, -0.25) is 14.5 Å². The minimum Gasteiger partial charge on any atom is -0.497 e. The maximum Gasteiger partial charge on any atom is 0.236 e. The summed E-state index contributed by atoms with van der Waals surface area (Å²) >= 11 is 0. The minimum absolute atomic E-state index is 0.128. The summed E-state index contributed by atoms with van der Waals surface area (Å²) in [5.41, 5.74) is 0. The molecule has 8 heteroatoms. The fraction of sp³-hybridized carbons (Fsp3) is 0.619. The van der Waals surface area contributed by atoms with Gasteiger partial charge < -0.3 is 24.0 Å². The molecule has 2 heterocycles. The van der Waals surface area contributed by atoms with Crippen molar-refractivity contribution < 1.29 is 23.8 Å². The third-order valence-electron chi connectivity index (χ3n) is 5.31. The zero-order valence-corrected chi connectivity index (χ0v) is 17.2. The number of carbonyl (C=O) groups excluding carboxylic acids is 2. The normalized spacial score (nSPS) is 17.8. The molecule has 1 aromatic carbocycles. The van der Waals surface area contributed by atoms with Gasteiger partial charge in [-0.2, -0.15) is 0 Å². The number of methoxy groups -OCH3 is 1. The number of ether oxygens (including phenoxy) is 3. The first-order valence-corrected chi connectivity index (χ1v) is 10.3. The third kappa shape index (κ3) is 6.61. The maximum atomic E-state index is 12.4. The molecule has 2 amide bonds. The van der Waals surface area contributed by atoms with Crippen LogP contribution in [-0.2, 0) is 14.3 Å². The number of hydrogen-bond donors (Lipinski definition) is 0. The minimum atomic E-state index is 0.128. The summed E-state index contributed by atoms with van der Waals surface area (Å²) in [5.74, 6) is 1.83. The van der Waals surface area contributed by atoms with Crippen molar-refractivity contribution in [3.63, 3.8) is 0 Å². The van der Waals surface area contributed by atoms with Gasteiger partial charge in [0.25, 0.3) is 0 Å². The Balaban J connectivity index is 1.30. The standard InChI is InChI=1S/C21H31N3O5/c1-27-18-4-6-19(7-5-18)29-14-2-3-20(25)23-8-10-24(11-9-23)21(26)17-22-12-15-28-16-13-22/h4-7H,2-3,8-17H2,1H3. The SMILES string of the molecule is COc1ccc(OCCCC(=O)N2CCN(C(=O)CN3CCOCC3)CC2)cc1. The number of morpholine rings is 1. The summed E-state index contributed by atoms with van der Waals surface area (Å²) in [6, 6.07) is 7.41. The highest BCUT2D eigenvalue weighted by Gasteiger charge is 2.25. The average molecular weight is 405 g/mol. The molecule has 0 radical (unpaired) electrons. The molecule has 1 aromatic rings. The van der Waals surface area contributed by atoms with Crippen LogP contribution in [0.5, 0.6) is 11.5 Å². The smallest absolute Gasteiger partial charge is 0.236 e. The zero-order chi connectivity index (χ0) is 20.5. The molecule has 0 aromatic heterocycles. The van der Waals surface area contributed by atoms with Crippen molar-refractivity contribution in [1.29, 1.82) is 0 Å². The van der Waals surface area contributed by atoms with Gasteiger partial charge in [0, 0.05) is 45.7 Å². The molecule has 0 atom stereocenters. The van der Waals surface area contributed by atoms with E-state index >= 15 is 0 Å². The lowest BCUT2D eigenvalue weighted by atomic mass is 10.2. The number of carbonyl (C=O) groups is 2. The van der Waals surface area contributed by atoms with E-state index in [-0.39, 0.29) is 11.8 Å². The van der Waals surface area contributed by atoms with Crippen LogP contribution in [0, 0.1) is 0 Å². The largest absolute Gasteiger partial charge is 0.497 e. The van der Waals surface area contributed by atoms with Crippen LogP contribution >= 0.6 is 0 Å². The van der Waals surface area contributed by atoms with Crippen LogP contribution in [0.15, 0.2) is 24.3 Å². The van der Waals surface area contributed by atoms with Crippen LogP contribution in [0.2, 0.25) is 0 Å². The summed E-state index contributed by atoms with van der Waals surface area (Å²) in [6.45, 7) is 6.37. The molecule has 8 nitrogen and oxygen atoms in total. The molecule has 0 spiro atoms. The van der Waals surface area contributed by atoms with E-state index < -0.39 is 0 Å². The van der Waals surface area contributed by atoms with Gasteiger partial charge in [-0.05, 0) is 30.7 Å². The lowest BCUT2D eigenvalue weighted by Crippen LogP contribution is -2.53. The van der Waals surface area contributed by atoms with Crippen molar-refractivity contribution in [1.82, 2.24) is 14.7 Å². The van der Waals surface area contributed by atoms with Crippen LogP contribution < -0.4 is 9.47 Å². The van der Waals surface area contributed by atoms with Gasteiger partial charge in [0.2, 0.25) is 11.8 Å². The second-order valence-corrected chi connectivity index (χ2v) is 7.28. The molecule has 0 N–H and O–H groups in total. The van der Waals surface area contributed by atoms with Gasteiger partial charge in [0.15, 0.2) is 0 Å². The highest BCUT2D eigenvalue weighted by Crippen LogP contribution is 2.17. The number of nitrogens with zero attached hydrogens (tertiary/aromatic N) is 3. The van der Waals surface area contributed by atoms with Gasteiger partial charge in [-0.25, -0.2) is 0 Å². The molecular weight excluding hydrogens is 374 g/mol. The van der Waals surface area contributed by atoms with Gasteiger partial charge in [0.05, 0.1) is 33.5 Å². The Labute approximate surface area is 172 Å². The molecule has 3 rings (SSSR count). The van der Waals surface area contributed by atoms with Crippen molar-refractivity contribution in [2.24, 2.45) is 0 Å². The number of piperazine rings is 1. The number of hydrogen-bond acceptors (Lipinski definition) is 6. The molecule has 160 valence electrons. The summed E-state index contributed by atoms with van der Waals surface area (Å²) in [7, 11) is 1.63. The summed E-state index contributed by atoms with van der Waals surface area (Å²) in [6.07, 6.45) is 1.12. The van der Waals surface area contributed by atoms with E-state index in [1.165, 1.54) is 0 Å². The Morgan fingerprint density at radius 1 is 0.897 bits per heavy atom. The fourth-order valence-electron chi connectivity index (χ4n) is 3.50. The quantitative estimate of drug-likeness (QED) is 0.598. The van der Waals surface area contributed by atoms with E-state index in [1.807, 2.05) is 34.1 Å². The topological polar surface area (TPSA) is 71.6 Å². The first-order chi connectivity index (χ1) is 14.2. The van der Waals surface area contributed by atoms with Crippen LogP contribution in [0.3, 0.4) is 0 Å². The summed E-state index contributed by atoms with van der Waals surface area (Å²) in [4.78, 5) is 30.7.